The molecule has 0 spiro atoms. The van der Waals surface area contributed by atoms with Gasteiger partial charge in [-0.3, -0.25) is 4.79 Å². The highest BCUT2D eigenvalue weighted by atomic mass is 79.9. The number of carbonyl (C=O) groups excluding carboxylic acids is 2. The average molecular weight is 386 g/mol. The van der Waals surface area contributed by atoms with E-state index in [0.29, 0.717) is 25.9 Å². The van der Waals surface area contributed by atoms with Crippen molar-refractivity contribution in [1.29, 1.82) is 0 Å². The number of amides is 1. The molecule has 1 aromatic rings. The number of esters is 1. The molecule has 5 nitrogen and oxygen atoms in total. The molecule has 0 radical (unpaired) electrons. The molecule has 0 saturated heterocycles. The highest BCUT2D eigenvalue weighted by Crippen LogP contribution is 2.23. The van der Waals surface area contributed by atoms with E-state index < -0.39 is 12.0 Å². The Morgan fingerprint density at radius 3 is 2.57 bits per heavy atom. The molecule has 0 aromatic heterocycles. The Kier molecular flexibility index (Phi) is 8.69. The summed E-state index contributed by atoms with van der Waals surface area (Å²) in [4.78, 5) is 23.6. The van der Waals surface area contributed by atoms with Gasteiger partial charge in [0, 0.05) is 6.42 Å². The summed E-state index contributed by atoms with van der Waals surface area (Å²) in [6.45, 7) is 4.42. The lowest BCUT2D eigenvalue weighted by Gasteiger charge is -2.18. The number of nitrogens with one attached hydrogen (secondary N) is 1. The van der Waals surface area contributed by atoms with Crippen molar-refractivity contribution in [3.8, 4) is 5.75 Å². The molecule has 0 aliphatic rings. The third-order valence-electron chi connectivity index (χ3n) is 3.17. The Hall–Kier alpha value is -1.56. The average Bonchev–Trinajstić information content (AvgIpc) is 2.51. The van der Waals surface area contributed by atoms with Gasteiger partial charge in [-0.25, -0.2) is 4.79 Å². The molecule has 0 saturated carbocycles. The van der Waals surface area contributed by atoms with Crippen molar-refractivity contribution >= 4 is 27.8 Å². The van der Waals surface area contributed by atoms with Gasteiger partial charge in [-0.05, 0) is 46.8 Å². The molecule has 0 aliphatic heterocycles. The molecule has 0 aliphatic carbocycles. The van der Waals surface area contributed by atoms with Gasteiger partial charge in [-0.1, -0.05) is 26.0 Å². The fourth-order valence-corrected chi connectivity index (χ4v) is 2.47. The lowest BCUT2D eigenvalue weighted by Crippen LogP contribution is -2.42. The van der Waals surface area contributed by atoms with E-state index >= 15 is 0 Å². The maximum atomic E-state index is 11.9. The van der Waals surface area contributed by atoms with Crippen LogP contribution in [0.3, 0.4) is 0 Å². The number of para-hydroxylation sites is 1. The number of ether oxygens (including phenoxy) is 2. The zero-order valence-corrected chi connectivity index (χ0v) is 15.4. The summed E-state index contributed by atoms with van der Waals surface area (Å²) >= 11 is 3.40. The van der Waals surface area contributed by atoms with Crippen molar-refractivity contribution in [2.75, 3.05) is 13.7 Å². The van der Waals surface area contributed by atoms with E-state index in [1.807, 2.05) is 38.1 Å². The summed E-state index contributed by atoms with van der Waals surface area (Å²) in [6.07, 6.45) is 1.44. The van der Waals surface area contributed by atoms with Crippen LogP contribution in [-0.2, 0) is 14.3 Å². The van der Waals surface area contributed by atoms with Crippen LogP contribution in [-0.4, -0.2) is 31.6 Å². The van der Waals surface area contributed by atoms with Crippen LogP contribution in [0.1, 0.15) is 33.1 Å². The van der Waals surface area contributed by atoms with E-state index in [2.05, 4.69) is 21.2 Å². The van der Waals surface area contributed by atoms with Crippen LogP contribution < -0.4 is 10.1 Å². The minimum absolute atomic E-state index is 0.170. The molecule has 23 heavy (non-hydrogen) atoms. The molecule has 1 unspecified atom stereocenters. The molecule has 1 atom stereocenters. The van der Waals surface area contributed by atoms with Crippen molar-refractivity contribution < 1.29 is 19.1 Å². The summed E-state index contributed by atoms with van der Waals surface area (Å²) in [5.74, 6) is 0.464. The predicted molar refractivity (Wildman–Crippen MR) is 92.3 cm³/mol. The van der Waals surface area contributed by atoms with Crippen molar-refractivity contribution in [1.82, 2.24) is 5.32 Å². The Morgan fingerprint density at radius 2 is 1.96 bits per heavy atom. The molecule has 0 fully saturated rings. The molecule has 128 valence electrons. The second-order valence-electron chi connectivity index (χ2n) is 5.66. The molecule has 1 N–H and O–H groups in total. The van der Waals surface area contributed by atoms with Gasteiger partial charge in [0.15, 0.2) is 0 Å². The summed E-state index contributed by atoms with van der Waals surface area (Å²) in [6, 6.07) is 6.97. The minimum Gasteiger partial charge on any atom is -0.492 e. The molecule has 1 aromatic carbocycles. The first-order chi connectivity index (χ1) is 10.9. The van der Waals surface area contributed by atoms with Gasteiger partial charge < -0.3 is 14.8 Å². The van der Waals surface area contributed by atoms with Crippen LogP contribution in [0.4, 0.5) is 0 Å². The third-order valence-corrected chi connectivity index (χ3v) is 3.83. The zero-order chi connectivity index (χ0) is 17.2. The van der Waals surface area contributed by atoms with Crippen LogP contribution in [0.15, 0.2) is 28.7 Å². The van der Waals surface area contributed by atoms with Crippen LogP contribution in [0.5, 0.6) is 5.75 Å². The van der Waals surface area contributed by atoms with Crippen molar-refractivity contribution in [2.24, 2.45) is 5.92 Å². The van der Waals surface area contributed by atoms with Gasteiger partial charge in [0.05, 0.1) is 18.2 Å². The number of benzene rings is 1. The summed E-state index contributed by atoms with van der Waals surface area (Å²) in [5, 5.41) is 2.73. The predicted octanol–water partition coefficient (Wildman–Crippen LogP) is 3.31. The SMILES string of the molecule is COC(=O)C(CC(C)C)NC(=O)CCCOc1ccccc1Br. The van der Waals surface area contributed by atoms with E-state index in [-0.39, 0.29) is 11.8 Å². The first kappa shape index (κ1) is 19.5. The molecular formula is C17H24BrNO4. The standard InChI is InChI=1S/C17H24BrNO4/c1-12(2)11-14(17(21)22-3)19-16(20)9-6-10-23-15-8-5-4-7-13(15)18/h4-5,7-8,12,14H,6,9-11H2,1-3H3,(H,19,20). The van der Waals surface area contributed by atoms with E-state index in [0.717, 1.165) is 10.2 Å². The molecule has 0 heterocycles. The normalized spacial score (nSPS) is 11.9. The maximum Gasteiger partial charge on any atom is 0.328 e. The number of hydrogen-bond acceptors (Lipinski definition) is 4. The largest absolute Gasteiger partial charge is 0.492 e. The Morgan fingerprint density at radius 1 is 1.26 bits per heavy atom. The van der Waals surface area contributed by atoms with Crippen LogP contribution in [0, 0.1) is 5.92 Å². The van der Waals surface area contributed by atoms with E-state index in [1.54, 1.807) is 0 Å². The fourth-order valence-electron chi connectivity index (χ4n) is 2.07. The smallest absolute Gasteiger partial charge is 0.328 e. The molecular weight excluding hydrogens is 362 g/mol. The first-order valence-electron chi connectivity index (χ1n) is 7.68. The Balaban J connectivity index is 2.35. The number of carbonyl (C=O) groups is 2. The van der Waals surface area contributed by atoms with E-state index in [1.165, 1.54) is 7.11 Å². The van der Waals surface area contributed by atoms with Gasteiger partial charge in [-0.15, -0.1) is 0 Å². The second-order valence-corrected chi connectivity index (χ2v) is 6.51. The van der Waals surface area contributed by atoms with Crippen molar-refractivity contribution in [2.45, 2.75) is 39.2 Å². The summed E-state index contributed by atoms with van der Waals surface area (Å²) in [7, 11) is 1.33. The fraction of sp³-hybridized carbons (Fsp3) is 0.529. The van der Waals surface area contributed by atoms with Crippen LogP contribution in [0.2, 0.25) is 0 Å². The van der Waals surface area contributed by atoms with Gasteiger partial charge in [0.25, 0.3) is 0 Å². The molecule has 0 bridgehead atoms. The highest BCUT2D eigenvalue weighted by Gasteiger charge is 2.22. The van der Waals surface area contributed by atoms with E-state index in [4.69, 9.17) is 9.47 Å². The van der Waals surface area contributed by atoms with Gasteiger partial charge in [0.1, 0.15) is 11.8 Å². The highest BCUT2D eigenvalue weighted by molar-refractivity contribution is 9.10. The minimum atomic E-state index is -0.586. The number of methoxy groups -OCH3 is 1. The monoisotopic (exact) mass is 385 g/mol. The van der Waals surface area contributed by atoms with Crippen molar-refractivity contribution in [3.05, 3.63) is 28.7 Å². The van der Waals surface area contributed by atoms with Gasteiger partial charge in [-0.2, -0.15) is 0 Å². The Labute approximate surface area is 145 Å². The van der Waals surface area contributed by atoms with Crippen LogP contribution in [0.25, 0.3) is 0 Å². The number of halogens is 1. The van der Waals surface area contributed by atoms with Gasteiger partial charge >= 0.3 is 5.97 Å². The first-order valence-corrected chi connectivity index (χ1v) is 8.47. The Bertz CT molecular complexity index is 519. The zero-order valence-electron chi connectivity index (χ0n) is 13.8. The lowest BCUT2D eigenvalue weighted by molar-refractivity contribution is -0.145. The molecule has 1 amide bonds. The topological polar surface area (TPSA) is 64.6 Å². The number of hydrogen-bond donors (Lipinski definition) is 1. The van der Waals surface area contributed by atoms with E-state index in [9.17, 15) is 9.59 Å². The summed E-state index contributed by atoms with van der Waals surface area (Å²) < 4.78 is 11.2. The molecule has 1 rings (SSSR count). The third kappa shape index (κ3) is 7.50. The number of rotatable bonds is 9. The molecule has 6 heteroatoms. The van der Waals surface area contributed by atoms with Crippen LogP contribution >= 0.6 is 15.9 Å². The quantitative estimate of drug-likeness (QED) is 0.523. The van der Waals surface area contributed by atoms with Gasteiger partial charge in [0.2, 0.25) is 5.91 Å². The maximum absolute atomic E-state index is 11.9. The lowest BCUT2D eigenvalue weighted by atomic mass is 10.0. The second kappa shape index (κ2) is 10.3. The van der Waals surface area contributed by atoms with Crippen molar-refractivity contribution in [3.63, 3.8) is 0 Å². The summed E-state index contributed by atoms with van der Waals surface area (Å²) in [5.41, 5.74) is 0.